The van der Waals surface area contributed by atoms with Gasteiger partial charge in [0.25, 0.3) is 0 Å². The fraction of sp³-hybridized carbons (Fsp3) is 0.462. The Kier molecular flexibility index (Phi) is 4.07. The average Bonchev–Trinajstić information content (AvgIpc) is 2.19. The van der Waals surface area contributed by atoms with E-state index in [9.17, 15) is 5.11 Å². The monoisotopic (exact) mass is 221 g/mol. The van der Waals surface area contributed by atoms with Crippen LogP contribution < -0.4 is 0 Å². The number of nitrogens with zero attached hydrogens (tertiary/aromatic N) is 1. The molecule has 2 N–H and O–H groups in total. The van der Waals surface area contributed by atoms with Crippen molar-refractivity contribution in [2.24, 2.45) is 4.99 Å². The van der Waals surface area contributed by atoms with Gasteiger partial charge in [0.05, 0.1) is 13.2 Å². The maximum Gasteiger partial charge on any atom is 0.128 e. The number of phenols is 1. The van der Waals surface area contributed by atoms with Crippen molar-refractivity contribution in [1.29, 1.82) is 0 Å². The van der Waals surface area contributed by atoms with Crippen LogP contribution in [0.4, 0.5) is 0 Å². The summed E-state index contributed by atoms with van der Waals surface area (Å²) >= 11 is 0. The SMILES string of the molecule is CC(C)(C)c1cccc(C=NCCO)c1O. The molecule has 1 aromatic carbocycles. The fourth-order valence-electron chi connectivity index (χ4n) is 1.49. The number of benzene rings is 1. The summed E-state index contributed by atoms with van der Waals surface area (Å²) in [5.41, 5.74) is 1.51. The van der Waals surface area contributed by atoms with Crippen LogP contribution in [0.15, 0.2) is 23.2 Å². The number of aliphatic hydroxyl groups excluding tert-OH is 1. The lowest BCUT2D eigenvalue weighted by Gasteiger charge is -2.21. The Morgan fingerprint density at radius 1 is 1.31 bits per heavy atom. The third-order valence-corrected chi connectivity index (χ3v) is 2.33. The van der Waals surface area contributed by atoms with Crippen LogP contribution in [-0.4, -0.2) is 29.6 Å². The molecule has 1 rings (SSSR count). The maximum absolute atomic E-state index is 10.1. The standard InChI is InChI=1S/C13H19NO2/c1-13(2,3)11-6-4-5-10(12(11)16)9-14-7-8-15/h4-6,9,15-16H,7-8H2,1-3H3. The molecule has 0 heterocycles. The minimum Gasteiger partial charge on any atom is -0.507 e. The Bertz CT molecular complexity index is 378. The summed E-state index contributed by atoms with van der Waals surface area (Å²) in [7, 11) is 0. The Labute approximate surface area is 96.5 Å². The smallest absolute Gasteiger partial charge is 0.128 e. The quantitative estimate of drug-likeness (QED) is 0.768. The number of rotatable bonds is 3. The molecule has 1 aromatic rings. The van der Waals surface area contributed by atoms with Crippen molar-refractivity contribution in [3.05, 3.63) is 29.3 Å². The summed E-state index contributed by atoms with van der Waals surface area (Å²) < 4.78 is 0. The predicted octanol–water partition coefficient (Wildman–Crippen LogP) is 2.10. The van der Waals surface area contributed by atoms with Crippen LogP contribution in [0.1, 0.15) is 31.9 Å². The second kappa shape index (κ2) is 5.12. The third-order valence-electron chi connectivity index (χ3n) is 2.33. The number of phenolic OH excluding ortho intramolecular Hbond substituents is 1. The van der Waals surface area contributed by atoms with Gasteiger partial charge in [0.1, 0.15) is 5.75 Å². The van der Waals surface area contributed by atoms with E-state index >= 15 is 0 Å². The highest BCUT2D eigenvalue weighted by atomic mass is 16.3. The molecule has 88 valence electrons. The van der Waals surface area contributed by atoms with Gasteiger partial charge in [0.15, 0.2) is 0 Å². The molecular weight excluding hydrogens is 202 g/mol. The molecule has 16 heavy (non-hydrogen) atoms. The van der Waals surface area contributed by atoms with Crippen molar-refractivity contribution in [1.82, 2.24) is 0 Å². The maximum atomic E-state index is 10.1. The molecule has 0 spiro atoms. The first-order valence-electron chi connectivity index (χ1n) is 5.40. The molecule has 0 aliphatic heterocycles. The van der Waals surface area contributed by atoms with E-state index in [0.717, 1.165) is 5.56 Å². The molecule has 0 amide bonds. The third kappa shape index (κ3) is 3.07. The second-order valence-corrected chi connectivity index (χ2v) is 4.75. The molecule has 0 aliphatic rings. The van der Waals surface area contributed by atoms with E-state index < -0.39 is 0 Å². The normalized spacial score (nSPS) is 12.2. The summed E-state index contributed by atoms with van der Waals surface area (Å²) in [6, 6.07) is 5.63. The molecule has 0 radical (unpaired) electrons. The van der Waals surface area contributed by atoms with Gasteiger partial charge in [-0.05, 0) is 17.0 Å². The van der Waals surface area contributed by atoms with E-state index in [1.165, 1.54) is 0 Å². The molecule has 0 unspecified atom stereocenters. The molecular formula is C13H19NO2. The highest BCUT2D eigenvalue weighted by molar-refractivity contribution is 5.84. The van der Waals surface area contributed by atoms with Gasteiger partial charge in [0.2, 0.25) is 0 Å². The molecule has 0 aromatic heterocycles. The lowest BCUT2D eigenvalue weighted by molar-refractivity contribution is 0.307. The van der Waals surface area contributed by atoms with Gasteiger partial charge in [-0.25, -0.2) is 0 Å². The number of hydrogen-bond donors (Lipinski definition) is 2. The summed E-state index contributed by atoms with van der Waals surface area (Å²) in [6.45, 7) is 6.54. The predicted molar refractivity (Wildman–Crippen MR) is 66.4 cm³/mol. The second-order valence-electron chi connectivity index (χ2n) is 4.75. The van der Waals surface area contributed by atoms with Crippen LogP contribution in [0.3, 0.4) is 0 Å². The van der Waals surface area contributed by atoms with Gasteiger partial charge in [-0.3, -0.25) is 4.99 Å². The zero-order chi connectivity index (χ0) is 12.2. The van der Waals surface area contributed by atoms with Crippen LogP contribution in [0, 0.1) is 0 Å². The van der Waals surface area contributed by atoms with Crippen LogP contribution in [0.5, 0.6) is 5.75 Å². The molecule has 3 nitrogen and oxygen atoms in total. The molecule has 0 saturated carbocycles. The average molecular weight is 221 g/mol. The van der Waals surface area contributed by atoms with Crippen LogP contribution in [-0.2, 0) is 5.41 Å². The summed E-state index contributed by atoms with van der Waals surface area (Å²) in [5, 5.41) is 18.7. The van der Waals surface area contributed by atoms with Crippen LogP contribution >= 0.6 is 0 Å². The lowest BCUT2D eigenvalue weighted by Crippen LogP contribution is -2.11. The Morgan fingerprint density at radius 2 is 2.00 bits per heavy atom. The van der Waals surface area contributed by atoms with Gasteiger partial charge in [-0.1, -0.05) is 32.9 Å². The summed E-state index contributed by atoms with van der Waals surface area (Å²) in [4.78, 5) is 4.01. The first-order valence-corrected chi connectivity index (χ1v) is 5.40. The van der Waals surface area contributed by atoms with Crippen LogP contribution in [0.2, 0.25) is 0 Å². The van der Waals surface area contributed by atoms with Crippen molar-refractivity contribution in [3.8, 4) is 5.75 Å². The van der Waals surface area contributed by atoms with E-state index in [0.29, 0.717) is 12.1 Å². The van der Waals surface area contributed by atoms with E-state index in [1.807, 2.05) is 18.2 Å². The van der Waals surface area contributed by atoms with E-state index in [-0.39, 0.29) is 17.8 Å². The molecule has 0 saturated heterocycles. The minimum absolute atomic E-state index is 0.0240. The number of aromatic hydroxyl groups is 1. The zero-order valence-corrected chi connectivity index (χ0v) is 10.1. The number of aliphatic imine (C=N–C) groups is 1. The van der Waals surface area contributed by atoms with Gasteiger partial charge in [-0.15, -0.1) is 0 Å². The van der Waals surface area contributed by atoms with Crippen molar-refractivity contribution in [2.45, 2.75) is 26.2 Å². The van der Waals surface area contributed by atoms with Gasteiger partial charge in [0, 0.05) is 11.8 Å². The number of para-hydroxylation sites is 1. The fourth-order valence-corrected chi connectivity index (χ4v) is 1.49. The zero-order valence-electron chi connectivity index (χ0n) is 10.1. The van der Waals surface area contributed by atoms with Gasteiger partial charge >= 0.3 is 0 Å². The largest absolute Gasteiger partial charge is 0.507 e. The number of hydrogen-bond acceptors (Lipinski definition) is 3. The topological polar surface area (TPSA) is 52.8 Å². The first kappa shape index (κ1) is 12.7. The highest BCUT2D eigenvalue weighted by Crippen LogP contribution is 2.32. The number of aliphatic hydroxyl groups is 1. The van der Waals surface area contributed by atoms with Crippen molar-refractivity contribution in [2.75, 3.05) is 13.2 Å². The summed E-state index contributed by atoms with van der Waals surface area (Å²) in [5.74, 6) is 0.275. The molecule has 0 fully saturated rings. The van der Waals surface area contributed by atoms with E-state index in [2.05, 4.69) is 25.8 Å². The lowest BCUT2D eigenvalue weighted by atomic mass is 9.85. The van der Waals surface area contributed by atoms with Crippen molar-refractivity contribution in [3.63, 3.8) is 0 Å². The Hall–Kier alpha value is -1.35. The highest BCUT2D eigenvalue weighted by Gasteiger charge is 2.18. The van der Waals surface area contributed by atoms with Crippen LogP contribution in [0.25, 0.3) is 0 Å². The minimum atomic E-state index is -0.0923. The van der Waals surface area contributed by atoms with E-state index in [4.69, 9.17) is 5.11 Å². The molecule has 0 bridgehead atoms. The molecule has 0 aliphatic carbocycles. The Balaban J connectivity index is 3.05. The molecule has 3 heteroatoms. The van der Waals surface area contributed by atoms with Gasteiger partial charge in [-0.2, -0.15) is 0 Å². The van der Waals surface area contributed by atoms with E-state index in [1.54, 1.807) is 6.21 Å². The summed E-state index contributed by atoms with van der Waals surface area (Å²) in [6.07, 6.45) is 1.60. The van der Waals surface area contributed by atoms with Gasteiger partial charge < -0.3 is 10.2 Å². The Morgan fingerprint density at radius 3 is 2.56 bits per heavy atom. The molecule has 0 atom stereocenters. The first-order chi connectivity index (χ1) is 7.46. The van der Waals surface area contributed by atoms with Crippen molar-refractivity contribution >= 4 is 6.21 Å². The van der Waals surface area contributed by atoms with Crippen molar-refractivity contribution < 1.29 is 10.2 Å².